The lowest BCUT2D eigenvalue weighted by Crippen LogP contribution is -2.21. The fraction of sp³-hybridized carbons (Fsp3) is 0.176. The zero-order valence-electron chi connectivity index (χ0n) is 14.4. The summed E-state index contributed by atoms with van der Waals surface area (Å²) in [6.45, 7) is -0.593. The monoisotopic (exact) mass is 394 g/mol. The van der Waals surface area contributed by atoms with E-state index in [1.54, 1.807) is 18.2 Å². The molecule has 1 amide bonds. The number of benzene rings is 2. The van der Waals surface area contributed by atoms with Crippen LogP contribution in [0, 0.1) is 10.1 Å². The summed E-state index contributed by atoms with van der Waals surface area (Å²) in [5.41, 5.74) is -0.166. The molecule has 0 aliphatic heterocycles. The Kier molecular flexibility index (Phi) is 6.56. The second-order valence-electron chi connectivity index (χ2n) is 5.11. The zero-order valence-corrected chi connectivity index (χ0v) is 15.1. The molecular formula is C17H15ClN2O7. The maximum absolute atomic E-state index is 12.0. The van der Waals surface area contributed by atoms with Crippen molar-refractivity contribution in [3.05, 3.63) is 57.1 Å². The first kappa shape index (κ1) is 20.0. The molecule has 2 aromatic carbocycles. The quantitative estimate of drug-likeness (QED) is 0.435. The van der Waals surface area contributed by atoms with Crippen molar-refractivity contribution in [3.8, 4) is 11.5 Å². The fourth-order valence-electron chi connectivity index (χ4n) is 2.08. The Labute approximate surface area is 158 Å². The van der Waals surface area contributed by atoms with Crippen LogP contribution < -0.4 is 14.8 Å². The number of rotatable bonds is 7. The van der Waals surface area contributed by atoms with Gasteiger partial charge in [0.2, 0.25) is 0 Å². The van der Waals surface area contributed by atoms with Gasteiger partial charge in [0.25, 0.3) is 11.6 Å². The molecule has 10 heteroatoms. The van der Waals surface area contributed by atoms with E-state index in [0.717, 1.165) is 6.07 Å². The number of esters is 1. The molecule has 0 aliphatic rings. The maximum atomic E-state index is 12.0. The van der Waals surface area contributed by atoms with Gasteiger partial charge >= 0.3 is 5.97 Å². The van der Waals surface area contributed by atoms with E-state index in [4.69, 9.17) is 25.8 Å². The first-order valence-electron chi connectivity index (χ1n) is 7.48. The van der Waals surface area contributed by atoms with E-state index in [1.165, 1.54) is 26.4 Å². The lowest BCUT2D eigenvalue weighted by molar-refractivity contribution is -0.384. The highest BCUT2D eigenvalue weighted by Gasteiger charge is 2.18. The highest BCUT2D eigenvalue weighted by atomic mass is 35.5. The first-order valence-corrected chi connectivity index (χ1v) is 7.86. The molecule has 0 unspecified atom stereocenters. The lowest BCUT2D eigenvalue weighted by Gasteiger charge is -2.11. The molecule has 142 valence electrons. The van der Waals surface area contributed by atoms with Gasteiger partial charge in [-0.1, -0.05) is 11.6 Å². The molecule has 0 saturated carbocycles. The molecule has 0 aliphatic carbocycles. The van der Waals surface area contributed by atoms with E-state index >= 15 is 0 Å². The second kappa shape index (κ2) is 8.86. The average Bonchev–Trinajstić information content (AvgIpc) is 2.66. The number of ether oxygens (including phenoxy) is 3. The summed E-state index contributed by atoms with van der Waals surface area (Å²) < 4.78 is 15.1. The van der Waals surface area contributed by atoms with Crippen LogP contribution >= 0.6 is 11.6 Å². The molecule has 1 N–H and O–H groups in total. The number of methoxy groups -OCH3 is 2. The standard InChI is InChI=1S/C17H15ClN2O7/c1-25-11-4-6-13(15(8-11)26-2)19-16(21)9-27-17(22)10-3-5-12(18)14(7-10)20(23)24/h3-8H,9H2,1-2H3,(H,19,21). The Bertz CT molecular complexity index is 886. The molecule has 0 aromatic heterocycles. The van der Waals surface area contributed by atoms with E-state index in [9.17, 15) is 19.7 Å². The third-order valence-corrected chi connectivity index (χ3v) is 3.72. The summed E-state index contributed by atoms with van der Waals surface area (Å²) in [4.78, 5) is 34.1. The number of nitro groups is 1. The molecule has 0 heterocycles. The fourth-order valence-corrected chi connectivity index (χ4v) is 2.27. The normalized spacial score (nSPS) is 10.0. The first-order chi connectivity index (χ1) is 12.8. The summed E-state index contributed by atoms with van der Waals surface area (Å²) in [6, 6.07) is 8.22. The minimum Gasteiger partial charge on any atom is -0.497 e. The van der Waals surface area contributed by atoms with Gasteiger partial charge in [-0.05, 0) is 24.3 Å². The van der Waals surface area contributed by atoms with Gasteiger partial charge in [0.05, 0.1) is 30.4 Å². The van der Waals surface area contributed by atoms with Crippen LogP contribution in [-0.4, -0.2) is 37.6 Å². The van der Waals surface area contributed by atoms with Crippen molar-refractivity contribution in [2.45, 2.75) is 0 Å². The second-order valence-corrected chi connectivity index (χ2v) is 5.52. The molecule has 0 fully saturated rings. The lowest BCUT2D eigenvalue weighted by atomic mass is 10.2. The van der Waals surface area contributed by atoms with Crippen molar-refractivity contribution in [1.82, 2.24) is 0 Å². The minimum atomic E-state index is -0.897. The van der Waals surface area contributed by atoms with Gasteiger partial charge in [0.15, 0.2) is 6.61 Å². The molecule has 2 rings (SSSR count). The van der Waals surface area contributed by atoms with Gasteiger partial charge in [-0.25, -0.2) is 4.79 Å². The SMILES string of the molecule is COc1ccc(NC(=O)COC(=O)c2ccc(Cl)c([N+](=O)[O-])c2)c(OC)c1. The van der Waals surface area contributed by atoms with E-state index in [0.29, 0.717) is 17.2 Å². The summed E-state index contributed by atoms with van der Waals surface area (Å²) in [7, 11) is 2.92. The predicted molar refractivity (Wildman–Crippen MR) is 96.6 cm³/mol. The third-order valence-electron chi connectivity index (χ3n) is 3.40. The van der Waals surface area contributed by atoms with Crippen LogP contribution in [0.1, 0.15) is 10.4 Å². The number of nitrogens with one attached hydrogen (secondary N) is 1. The molecule has 9 nitrogen and oxygen atoms in total. The van der Waals surface area contributed by atoms with Crippen LogP contribution in [0.3, 0.4) is 0 Å². The Morgan fingerprint density at radius 1 is 1.15 bits per heavy atom. The van der Waals surface area contributed by atoms with Crippen LogP contribution in [-0.2, 0) is 9.53 Å². The third kappa shape index (κ3) is 5.08. The zero-order chi connectivity index (χ0) is 20.0. The van der Waals surface area contributed by atoms with E-state index in [1.807, 2.05) is 0 Å². The smallest absolute Gasteiger partial charge is 0.338 e. The van der Waals surface area contributed by atoms with E-state index in [-0.39, 0.29) is 10.6 Å². The van der Waals surface area contributed by atoms with Crippen molar-refractivity contribution in [3.63, 3.8) is 0 Å². The van der Waals surface area contributed by atoms with Crippen molar-refractivity contribution >= 4 is 34.9 Å². The minimum absolute atomic E-state index is 0.0964. The Hall–Kier alpha value is -3.33. The van der Waals surface area contributed by atoms with Crippen molar-refractivity contribution in [2.75, 3.05) is 26.1 Å². The highest BCUT2D eigenvalue weighted by molar-refractivity contribution is 6.32. The maximum Gasteiger partial charge on any atom is 0.338 e. The number of nitro benzene ring substituents is 1. The Morgan fingerprint density at radius 3 is 2.52 bits per heavy atom. The number of hydrogen-bond acceptors (Lipinski definition) is 7. The largest absolute Gasteiger partial charge is 0.497 e. The van der Waals surface area contributed by atoms with Crippen molar-refractivity contribution in [2.24, 2.45) is 0 Å². The number of nitrogens with zero attached hydrogens (tertiary/aromatic N) is 1. The summed E-state index contributed by atoms with van der Waals surface area (Å²) >= 11 is 5.69. The van der Waals surface area contributed by atoms with Gasteiger partial charge in [-0.3, -0.25) is 14.9 Å². The average molecular weight is 395 g/mol. The van der Waals surface area contributed by atoms with Crippen molar-refractivity contribution < 1.29 is 28.7 Å². The molecule has 0 bridgehead atoms. The van der Waals surface area contributed by atoms with E-state index in [2.05, 4.69) is 5.32 Å². The van der Waals surface area contributed by atoms with Gasteiger partial charge in [-0.15, -0.1) is 0 Å². The number of amides is 1. The molecule has 0 atom stereocenters. The highest BCUT2D eigenvalue weighted by Crippen LogP contribution is 2.29. The summed E-state index contributed by atoms with van der Waals surface area (Å²) in [5.74, 6) is -0.607. The predicted octanol–water partition coefficient (Wildman–Crippen LogP) is 3.06. The van der Waals surface area contributed by atoms with Crippen molar-refractivity contribution in [1.29, 1.82) is 0 Å². The molecule has 2 aromatic rings. The molecule has 27 heavy (non-hydrogen) atoms. The van der Waals surface area contributed by atoms with Crippen LogP contribution in [0.5, 0.6) is 11.5 Å². The van der Waals surface area contributed by atoms with Crippen LogP contribution in [0.2, 0.25) is 5.02 Å². The van der Waals surface area contributed by atoms with Gasteiger partial charge in [0, 0.05) is 12.1 Å². The van der Waals surface area contributed by atoms with E-state index < -0.39 is 29.1 Å². The topological polar surface area (TPSA) is 117 Å². The summed E-state index contributed by atoms with van der Waals surface area (Å²) in [6.07, 6.45) is 0. The van der Waals surface area contributed by atoms with Gasteiger partial charge in [-0.2, -0.15) is 0 Å². The van der Waals surface area contributed by atoms with Gasteiger partial charge in [0.1, 0.15) is 16.5 Å². The van der Waals surface area contributed by atoms with Crippen LogP contribution in [0.15, 0.2) is 36.4 Å². The number of halogens is 1. The number of hydrogen-bond donors (Lipinski definition) is 1. The van der Waals surface area contributed by atoms with Crippen LogP contribution in [0.25, 0.3) is 0 Å². The van der Waals surface area contributed by atoms with Gasteiger partial charge < -0.3 is 19.5 Å². The molecule has 0 radical (unpaired) electrons. The number of carbonyl (C=O) groups is 2. The Balaban J connectivity index is 2.00. The number of anilines is 1. The number of carbonyl (C=O) groups excluding carboxylic acids is 2. The summed E-state index contributed by atoms with van der Waals surface area (Å²) in [5, 5.41) is 13.3. The van der Waals surface area contributed by atoms with Crippen LogP contribution in [0.4, 0.5) is 11.4 Å². The molecular weight excluding hydrogens is 380 g/mol. The molecule has 0 spiro atoms. The molecule has 0 saturated heterocycles. The Morgan fingerprint density at radius 2 is 1.89 bits per heavy atom.